The van der Waals surface area contributed by atoms with E-state index in [1.807, 2.05) is 0 Å². The van der Waals surface area contributed by atoms with Crippen molar-refractivity contribution < 1.29 is 5.11 Å². The first-order valence-electron chi connectivity index (χ1n) is 8.29. The van der Waals surface area contributed by atoms with E-state index in [2.05, 4.69) is 48.5 Å². The second kappa shape index (κ2) is 9.84. The van der Waals surface area contributed by atoms with Crippen molar-refractivity contribution in [3.63, 3.8) is 0 Å². The number of hydrogen-bond donors (Lipinski definition) is 3. The number of nitrogens with zero attached hydrogens (tertiary/aromatic N) is 1. The lowest BCUT2D eigenvalue weighted by Gasteiger charge is -2.38. The van der Waals surface area contributed by atoms with Crippen LogP contribution in [0.5, 0.6) is 0 Å². The lowest BCUT2D eigenvalue weighted by atomic mass is 9.73. The van der Waals surface area contributed by atoms with Crippen LogP contribution in [0.2, 0.25) is 0 Å². The molecule has 1 saturated carbocycles. The summed E-state index contributed by atoms with van der Waals surface area (Å²) in [6.07, 6.45) is 4.13. The number of guanidine groups is 1. The fourth-order valence-corrected chi connectivity index (χ4v) is 3.76. The van der Waals surface area contributed by atoms with E-state index in [0.29, 0.717) is 6.54 Å². The first kappa shape index (κ1) is 20.7. The van der Waals surface area contributed by atoms with Crippen molar-refractivity contribution in [3.05, 3.63) is 21.9 Å². The predicted molar refractivity (Wildman–Crippen MR) is 110 cm³/mol. The van der Waals surface area contributed by atoms with Crippen LogP contribution in [0.15, 0.2) is 17.1 Å². The highest BCUT2D eigenvalue weighted by Crippen LogP contribution is 2.35. The van der Waals surface area contributed by atoms with Crippen LogP contribution < -0.4 is 10.6 Å². The fourth-order valence-electron chi connectivity index (χ4n) is 2.94. The van der Waals surface area contributed by atoms with Gasteiger partial charge in [-0.2, -0.15) is 0 Å². The van der Waals surface area contributed by atoms with E-state index in [-0.39, 0.29) is 35.5 Å². The van der Waals surface area contributed by atoms with Gasteiger partial charge in [-0.3, -0.25) is 0 Å². The number of nitrogens with one attached hydrogen (secondary N) is 2. The largest absolute Gasteiger partial charge is 0.392 e. The molecule has 1 aromatic heterocycles. The molecule has 2 atom stereocenters. The lowest BCUT2D eigenvalue weighted by molar-refractivity contribution is 0.00397. The summed E-state index contributed by atoms with van der Waals surface area (Å²) in [5.41, 5.74) is -0.0477. The van der Waals surface area contributed by atoms with E-state index in [0.717, 1.165) is 38.3 Å². The molecule has 1 aromatic rings. The van der Waals surface area contributed by atoms with Gasteiger partial charge in [0.05, 0.1) is 12.6 Å². The second-order valence-corrected chi connectivity index (χ2v) is 7.85. The van der Waals surface area contributed by atoms with Crippen LogP contribution in [-0.4, -0.2) is 30.3 Å². The monoisotopic (exact) mass is 451 g/mol. The van der Waals surface area contributed by atoms with Crippen LogP contribution in [0.4, 0.5) is 0 Å². The van der Waals surface area contributed by atoms with Gasteiger partial charge in [0, 0.05) is 28.3 Å². The summed E-state index contributed by atoms with van der Waals surface area (Å²) in [4.78, 5) is 7.26. The molecule has 0 spiro atoms. The van der Waals surface area contributed by atoms with Crippen molar-refractivity contribution in [2.24, 2.45) is 10.4 Å². The van der Waals surface area contributed by atoms with E-state index in [1.54, 1.807) is 11.3 Å². The van der Waals surface area contributed by atoms with Gasteiger partial charge in [-0.15, -0.1) is 35.3 Å². The first-order valence-corrected chi connectivity index (χ1v) is 9.11. The predicted octanol–water partition coefficient (Wildman–Crippen LogP) is 3.67. The number of aliphatic hydroxyl groups is 1. The van der Waals surface area contributed by atoms with E-state index in [1.165, 1.54) is 16.2 Å². The van der Waals surface area contributed by atoms with Crippen molar-refractivity contribution >= 4 is 41.3 Å². The topological polar surface area (TPSA) is 56.7 Å². The van der Waals surface area contributed by atoms with Gasteiger partial charge in [-0.25, -0.2) is 4.99 Å². The Morgan fingerprint density at radius 1 is 1.39 bits per heavy atom. The summed E-state index contributed by atoms with van der Waals surface area (Å²) in [6.45, 7) is 8.68. The van der Waals surface area contributed by atoms with Gasteiger partial charge in [0.1, 0.15) is 0 Å². The van der Waals surface area contributed by atoms with Crippen molar-refractivity contribution in [2.45, 2.75) is 59.1 Å². The maximum Gasteiger partial charge on any atom is 0.191 e. The average Bonchev–Trinajstić information content (AvgIpc) is 2.91. The maximum absolute atomic E-state index is 10.3. The normalized spacial score (nSPS) is 24.9. The molecule has 1 heterocycles. The standard InChI is InChI=1S/C17H29N3OS.HI/c1-4-18-16(19-11-14-9-8-13(2)22-14)20-12-17(3)10-6-5-7-15(17)21;/h8-9,15,21H,4-7,10-12H2,1-3H3,(H2,18,19,20);1H. The van der Waals surface area contributed by atoms with Gasteiger partial charge in [-0.1, -0.05) is 19.8 Å². The molecule has 23 heavy (non-hydrogen) atoms. The Morgan fingerprint density at radius 2 is 2.17 bits per heavy atom. The number of aryl methyl sites for hydroxylation is 1. The average molecular weight is 451 g/mol. The highest BCUT2D eigenvalue weighted by atomic mass is 127. The first-order chi connectivity index (χ1) is 10.5. The second-order valence-electron chi connectivity index (χ2n) is 6.48. The van der Waals surface area contributed by atoms with Crippen LogP contribution in [0.1, 0.15) is 49.3 Å². The number of aliphatic hydroxyl groups excluding tert-OH is 1. The fraction of sp³-hybridized carbons (Fsp3) is 0.706. The molecule has 0 aliphatic heterocycles. The third kappa shape index (κ3) is 6.23. The zero-order chi connectivity index (χ0) is 16.0. The minimum absolute atomic E-state index is 0. The minimum Gasteiger partial charge on any atom is -0.392 e. The molecule has 6 heteroatoms. The molecule has 4 nitrogen and oxygen atoms in total. The van der Waals surface area contributed by atoms with Gasteiger partial charge in [0.15, 0.2) is 5.96 Å². The highest BCUT2D eigenvalue weighted by molar-refractivity contribution is 14.0. The molecule has 2 rings (SSSR count). The molecule has 1 fully saturated rings. The maximum atomic E-state index is 10.3. The summed E-state index contributed by atoms with van der Waals surface area (Å²) < 4.78 is 0. The van der Waals surface area contributed by atoms with Crippen molar-refractivity contribution in [2.75, 3.05) is 13.1 Å². The van der Waals surface area contributed by atoms with E-state index in [4.69, 9.17) is 0 Å². The van der Waals surface area contributed by atoms with E-state index < -0.39 is 0 Å². The third-order valence-corrected chi connectivity index (χ3v) is 5.46. The molecule has 0 amide bonds. The van der Waals surface area contributed by atoms with Gasteiger partial charge >= 0.3 is 0 Å². The number of hydrogen-bond acceptors (Lipinski definition) is 3. The molecule has 132 valence electrons. The van der Waals surface area contributed by atoms with Crippen LogP contribution >= 0.6 is 35.3 Å². The highest BCUT2D eigenvalue weighted by Gasteiger charge is 2.35. The Kier molecular flexibility index (Phi) is 8.85. The number of thiophene rings is 1. The van der Waals surface area contributed by atoms with E-state index in [9.17, 15) is 5.11 Å². The van der Waals surface area contributed by atoms with Gasteiger partial charge in [0.25, 0.3) is 0 Å². The Bertz CT molecular complexity index is 506. The molecule has 1 aliphatic carbocycles. The van der Waals surface area contributed by atoms with Crippen molar-refractivity contribution in [1.29, 1.82) is 0 Å². The molecular weight excluding hydrogens is 421 g/mol. The van der Waals surface area contributed by atoms with Crippen LogP contribution in [0, 0.1) is 12.3 Å². The molecule has 0 saturated heterocycles. The Morgan fingerprint density at radius 3 is 2.78 bits per heavy atom. The molecule has 0 radical (unpaired) electrons. The van der Waals surface area contributed by atoms with Crippen LogP contribution in [-0.2, 0) is 6.54 Å². The molecule has 2 unspecified atom stereocenters. The molecule has 0 bridgehead atoms. The Hall–Kier alpha value is -0.340. The number of halogens is 1. The van der Waals surface area contributed by atoms with Gasteiger partial charge in [0.2, 0.25) is 0 Å². The summed E-state index contributed by atoms with van der Waals surface area (Å²) >= 11 is 1.79. The van der Waals surface area contributed by atoms with E-state index >= 15 is 0 Å². The third-order valence-electron chi connectivity index (χ3n) is 4.47. The smallest absolute Gasteiger partial charge is 0.191 e. The zero-order valence-electron chi connectivity index (χ0n) is 14.4. The summed E-state index contributed by atoms with van der Waals surface area (Å²) in [7, 11) is 0. The van der Waals surface area contributed by atoms with Gasteiger partial charge in [-0.05, 0) is 38.8 Å². The Labute approximate surface area is 161 Å². The zero-order valence-corrected chi connectivity index (χ0v) is 17.5. The number of aliphatic imine (C=N–C) groups is 1. The van der Waals surface area contributed by atoms with Gasteiger partial charge < -0.3 is 15.7 Å². The Balaban J connectivity index is 0.00000264. The molecular formula is C17H30IN3OS. The van der Waals surface area contributed by atoms with Crippen LogP contribution in [0.25, 0.3) is 0 Å². The van der Waals surface area contributed by atoms with Crippen LogP contribution in [0.3, 0.4) is 0 Å². The quantitative estimate of drug-likeness (QED) is 0.364. The summed E-state index contributed by atoms with van der Waals surface area (Å²) in [6, 6.07) is 4.27. The molecule has 1 aliphatic rings. The minimum atomic E-state index is -0.212. The SMILES string of the molecule is CCNC(=NCc1ccc(C)s1)NCC1(C)CCCCC1O.I. The van der Waals surface area contributed by atoms with Crippen molar-refractivity contribution in [3.8, 4) is 0 Å². The number of rotatable bonds is 5. The molecule has 3 N–H and O–H groups in total. The summed E-state index contributed by atoms with van der Waals surface area (Å²) in [5, 5.41) is 17.0. The molecule has 0 aromatic carbocycles. The lowest BCUT2D eigenvalue weighted by Crippen LogP contribution is -2.48. The summed E-state index contributed by atoms with van der Waals surface area (Å²) in [5.74, 6) is 0.840. The van der Waals surface area contributed by atoms with Crippen molar-refractivity contribution in [1.82, 2.24) is 10.6 Å².